The summed E-state index contributed by atoms with van der Waals surface area (Å²) < 4.78 is 0. The monoisotopic (exact) mass is 244 g/mol. The summed E-state index contributed by atoms with van der Waals surface area (Å²) in [6.45, 7) is 3.85. The molecule has 0 bridgehead atoms. The fourth-order valence-electron chi connectivity index (χ4n) is 2.24. The van der Waals surface area contributed by atoms with Crippen LogP contribution < -0.4 is 21.5 Å². The minimum Gasteiger partial charge on any atom is -0.353 e. The zero-order chi connectivity index (χ0) is 12.4. The number of aromatic nitrogens is 2. The van der Waals surface area contributed by atoms with Crippen LogP contribution in [0.25, 0.3) is 10.9 Å². The molecule has 2 heterocycles. The second-order valence-electron chi connectivity index (χ2n) is 4.27. The zero-order valence-electron chi connectivity index (χ0n) is 10.1. The second kappa shape index (κ2) is 4.75. The number of fused-ring (bicyclic) bond motifs is 1. The minimum atomic E-state index is 0.460. The van der Waals surface area contributed by atoms with Crippen molar-refractivity contribution in [2.45, 2.75) is 0 Å². The molecule has 0 aliphatic carbocycles. The van der Waals surface area contributed by atoms with Gasteiger partial charge in [0.25, 0.3) is 0 Å². The fourth-order valence-corrected chi connectivity index (χ4v) is 2.24. The Morgan fingerprint density at radius 1 is 1.17 bits per heavy atom. The molecule has 6 heteroatoms. The van der Waals surface area contributed by atoms with E-state index in [2.05, 4.69) is 25.6 Å². The van der Waals surface area contributed by atoms with E-state index in [-0.39, 0.29) is 0 Å². The largest absolute Gasteiger partial charge is 0.353 e. The molecule has 3 rings (SSSR count). The Morgan fingerprint density at radius 3 is 2.72 bits per heavy atom. The zero-order valence-corrected chi connectivity index (χ0v) is 10.1. The highest BCUT2D eigenvalue weighted by atomic mass is 15.3. The summed E-state index contributed by atoms with van der Waals surface area (Å²) in [4.78, 5) is 11.1. The van der Waals surface area contributed by atoms with E-state index in [1.807, 2.05) is 24.3 Å². The van der Waals surface area contributed by atoms with Gasteiger partial charge in [-0.1, -0.05) is 12.1 Å². The molecule has 2 aromatic rings. The molecule has 6 nitrogen and oxygen atoms in total. The third-order valence-corrected chi connectivity index (χ3v) is 3.13. The van der Waals surface area contributed by atoms with Crippen LogP contribution in [0, 0.1) is 0 Å². The Morgan fingerprint density at radius 2 is 1.94 bits per heavy atom. The molecule has 1 aliphatic heterocycles. The van der Waals surface area contributed by atoms with E-state index in [1.54, 1.807) is 0 Å². The first-order valence-corrected chi connectivity index (χ1v) is 6.07. The number of hydrogen-bond acceptors (Lipinski definition) is 6. The van der Waals surface area contributed by atoms with Crippen LogP contribution in [0.4, 0.5) is 11.8 Å². The lowest BCUT2D eigenvalue weighted by Crippen LogP contribution is -2.44. The molecule has 0 unspecified atom stereocenters. The summed E-state index contributed by atoms with van der Waals surface area (Å²) in [7, 11) is 0. The summed E-state index contributed by atoms with van der Waals surface area (Å²) >= 11 is 0. The first-order valence-electron chi connectivity index (χ1n) is 6.07. The smallest absolute Gasteiger partial charge is 0.239 e. The number of nitrogens with one attached hydrogen (secondary N) is 2. The first kappa shape index (κ1) is 11.2. The maximum atomic E-state index is 5.43. The van der Waals surface area contributed by atoms with Crippen LogP contribution in [-0.4, -0.2) is 36.1 Å². The highest BCUT2D eigenvalue weighted by molar-refractivity contribution is 5.90. The number of para-hydroxylation sites is 1. The molecule has 1 aromatic heterocycles. The average molecular weight is 244 g/mol. The number of anilines is 2. The molecule has 4 N–H and O–H groups in total. The maximum Gasteiger partial charge on any atom is 0.239 e. The molecular weight excluding hydrogens is 228 g/mol. The number of nitrogen functional groups attached to an aromatic ring is 1. The van der Waals surface area contributed by atoms with Gasteiger partial charge in [0, 0.05) is 31.6 Å². The van der Waals surface area contributed by atoms with Crippen LogP contribution in [0.1, 0.15) is 0 Å². The number of hydrazine groups is 1. The maximum absolute atomic E-state index is 5.43. The molecule has 1 fully saturated rings. The van der Waals surface area contributed by atoms with Crippen molar-refractivity contribution in [3.8, 4) is 0 Å². The predicted octanol–water partition coefficient (Wildman–Crippen LogP) is 0.325. The van der Waals surface area contributed by atoms with Crippen molar-refractivity contribution >= 4 is 22.7 Å². The normalized spacial score (nSPS) is 15.9. The topological polar surface area (TPSA) is 79.1 Å². The summed E-state index contributed by atoms with van der Waals surface area (Å²) in [6, 6.07) is 8.00. The average Bonchev–Trinajstić information content (AvgIpc) is 2.47. The van der Waals surface area contributed by atoms with E-state index < -0.39 is 0 Å². The van der Waals surface area contributed by atoms with E-state index >= 15 is 0 Å². The molecule has 0 spiro atoms. The third-order valence-electron chi connectivity index (χ3n) is 3.13. The number of nitrogens with two attached hydrogens (primary N) is 1. The molecule has 94 valence electrons. The first-order chi connectivity index (χ1) is 8.88. The van der Waals surface area contributed by atoms with Crippen LogP contribution in [0.2, 0.25) is 0 Å². The standard InChI is InChI=1S/C12H16N6/c13-17-12-15-10-4-2-1-3-9(10)11(16-12)18-7-5-14-6-8-18/h1-4,14H,5-8,13H2,(H,15,16,17). The van der Waals surface area contributed by atoms with E-state index in [4.69, 9.17) is 5.84 Å². The number of hydrogen-bond donors (Lipinski definition) is 3. The predicted molar refractivity (Wildman–Crippen MR) is 72.4 cm³/mol. The van der Waals surface area contributed by atoms with Crippen molar-refractivity contribution in [3.63, 3.8) is 0 Å². The number of benzene rings is 1. The van der Waals surface area contributed by atoms with Crippen molar-refractivity contribution < 1.29 is 0 Å². The van der Waals surface area contributed by atoms with Crippen LogP contribution in [0.3, 0.4) is 0 Å². The van der Waals surface area contributed by atoms with Gasteiger partial charge >= 0.3 is 0 Å². The molecular formula is C12H16N6. The van der Waals surface area contributed by atoms with E-state index in [1.165, 1.54) is 0 Å². The summed E-state index contributed by atoms with van der Waals surface area (Å²) in [5.41, 5.74) is 3.45. The molecule has 0 atom stereocenters. The van der Waals surface area contributed by atoms with Gasteiger partial charge in [-0.05, 0) is 12.1 Å². The van der Waals surface area contributed by atoms with Gasteiger partial charge in [-0.15, -0.1) is 0 Å². The molecule has 18 heavy (non-hydrogen) atoms. The van der Waals surface area contributed by atoms with Gasteiger partial charge in [0.15, 0.2) is 0 Å². The van der Waals surface area contributed by atoms with Crippen LogP contribution >= 0.6 is 0 Å². The Bertz CT molecular complexity index is 549. The van der Waals surface area contributed by atoms with Gasteiger partial charge in [0.2, 0.25) is 5.95 Å². The summed E-state index contributed by atoms with van der Waals surface area (Å²) in [5, 5.41) is 4.40. The number of piperazine rings is 1. The van der Waals surface area contributed by atoms with Gasteiger partial charge in [-0.3, -0.25) is 5.43 Å². The van der Waals surface area contributed by atoms with Gasteiger partial charge in [-0.2, -0.15) is 4.98 Å². The Hall–Kier alpha value is -1.92. The van der Waals surface area contributed by atoms with Crippen LogP contribution in [0.5, 0.6) is 0 Å². The fraction of sp³-hybridized carbons (Fsp3) is 0.333. The Labute approximate surface area is 105 Å². The SMILES string of the molecule is NNc1nc(N2CCNCC2)c2ccccc2n1. The Kier molecular flexibility index (Phi) is 2.95. The van der Waals surface area contributed by atoms with Crippen molar-refractivity contribution in [2.24, 2.45) is 5.84 Å². The van der Waals surface area contributed by atoms with Crippen molar-refractivity contribution in [3.05, 3.63) is 24.3 Å². The van der Waals surface area contributed by atoms with Gasteiger partial charge in [-0.25, -0.2) is 10.8 Å². The van der Waals surface area contributed by atoms with E-state index in [0.717, 1.165) is 42.9 Å². The minimum absolute atomic E-state index is 0.460. The van der Waals surface area contributed by atoms with Crippen LogP contribution in [0.15, 0.2) is 24.3 Å². The van der Waals surface area contributed by atoms with Crippen LogP contribution in [-0.2, 0) is 0 Å². The molecule has 1 saturated heterocycles. The van der Waals surface area contributed by atoms with Gasteiger partial charge in [0.1, 0.15) is 5.82 Å². The van der Waals surface area contributed by atoms with Crippen molar-refractivity contribution in [1.82, 2.24) is 15.3 Å². The molecule has 0 radical (unpaired) electrons. The van der Waals surface area contributed by atoms with Crippen molar-refractivity contribution in [2.75, 3.05) is 36.5 Å². The number of nitrogens with zero attached hydrogens (tertiary/aromatic N) is 3. The quantitative estimate of drug-likeness (QED) is 0.522. The Balaban J connectivity index is 2.12. The molecule has 1 aliphatic rings. The molecule has 0 saturated carbocycles. The van der Waals surface area contributed by atoms with E-state index in [9.17, 15) is 0 Å². The van der Waals surface area contributed by atoms with Crippen molar-refractivity contribution in [1.29, 1.82) is 0 Å². The second-order valence-corrected chi connectivity index (χ2v) is 4.27. The summed E-state index contributed by atoms with van der Waals surface area (Å²) in [5.74, 6) is 6.85. The van der Waals surface area contributed by atoms with Gasteiger partial charge in [0.05, 0.1) is 5.52 Å². The lowest BCUT2D eigenvalue weighted by Gasteiger charge is -2.29. The third kappa shape index (κ3) is 1.96. The lowest BCUT2D eigenvalue weighted by atomic mass is 10.2. The van der Waals surface area contributed by atoms with Gasteiger partial charge < -0.3 is 10.2 Å². The van der Waals surface area contributed by atoms with E-state index in [0.29, 0.717) is 5.95 Å². The summed E-state index contributed by atoms with van der Waals surface area (Å²) in [6.07, 6.45) is 0. The molecule has 1 aromatic carbocycles. The lowest BCUT2D eigenvalue weighted by molar-refractivity contribution is 0.586. The molecule has 0 amide bonds. The highest BCUT2D eigenvalue weighted by Crippen LogP contribution is 2.25. The highest BCUT2D eigenvalue weighted by Gasteiger charge is 2.16. The number of rotatable bonds is 2.